The summed E-state index contributed by atoms with van der Waals surface area (Å²) >= 11 is 0. The van der Waals surface area contributed by atoms with E-state index in [1.165, 1.54) is 0 Å². The Labute approximate surface area is 159 Å². The number of hydrogen-bond donors (Lipinski definition) is 1. The molecule has 8 heteroatoms. The van der Waals surface area contributed by atoms with Crippen LogP contribution in [0.2, 0.25) is 0 Å². The highest BCUT2D eigenvalue weighted by Gasteiger charge is 2.21. The van der Waals surface area contributed by atoms with Crippen molar-refractivity contribution in [3.05, 3.63) is 42.2 Å². The van der Waals surface area contributed by atoms with Crippen LogP contribution in [0.4, 0.5) is 5.95 Å². The van der Waals surface area contributed by atoms with Crippen LogP contribution >= 0.6 is 0 Å². The average Bonchev–Trinajstić information content (AvgIpc) is 2.75. The Morgan fingerprint density at radius 1 is 1.07 bits per heavy atom. The quantitative estimate of drug-likeness (QED) is 0.630. The predicted octanol–water partition coefficient (Wildman–Crippen LogP) is 1.39. The van der Waals surface area contributed by atoms with Gasteiger partial charge in [-0.15, -0.1) is 0 Å². The Hall–Kier alpha value is -3.03. The molecule has 2 aromatic rings. The number of aliphatic imine (C=N–C) groups is 1. The molecular formula is C19H26N6O2. The zero-order valence-corrected chi connectivity index (χ0v) is 16.1. The molecule has 0 atom stereocenters. The highest BCUT2D eigenvalue weighted by atomic mass is 16.5. The van der Waals surface area contributed by atoms with E-state index in [2.05, 4.69) is 30.1 Å². The fraction of sp³-hybridized carbons (Fsp3) is 0.421. The fourth-order valence-corrected chi connectivity index (χ4v) is 3.17. The zero-order valence-electron chi connectivity index (χ0n) is 16.1. The molecule has 0 aliphatic carbocycles. The number of nitrogens with zero attached hydrogens (tertiary/aromatic N) is 5. The van der Waals surface area contributed by atoms with Crippen LogP contribution in [0.5, 0.6) is 11.5 Å². The van der Waals surface area contributed by atoms with Gasteiger partial charge in [-0.2, -0.15) is 0 Å². The monoisotopic (exact) mass is 370 g/mol. The molecule has 0 bridgehead atoms. The lowest BCUT2D eigenvalue weighted by atomic mass is 10.2. The van der Waals surface area contributed by atoms with Gasteiger partial charge in [-0.3, -0.25) is 4.99 Å². The van der Waals surface area contributed by atoms with E-state index in [-0.39, 0.29) is 0 Å². The molecule has 1 saturated heterocycles. The summed E-state index contributed by atoms with van der Waals surface area (Å²) in [5.41, 5.74) is 1.02. The molecule has 0 saturated carbocycles. The van der Waals surface area contributed by atoms with Crippen LogP contribution < -0.4 is 19.7 Å². The van der Waals surface area contributed by atoms with Gasteiger partial charge in [-0.1, -0.05) is 12.1 Å². The third kappa shape index (κ3) is 4.39. The van der Waals surface area contributed by atoms with Gasteiger partial charge in [0.15, 0.2) is 17.5 Å². The normalized spacial score (nSPS) is 14.9. The first-order valence-corrected chi connectivity index (χ1v) is 8.94. The van der Waals surface area contributed by atoms with Crippen LogP contribution in [0.15, 0.2) is 41.7 Å². The van der Waals surface area contributed by atoms with Crippen molar-refractivity contribution in [1.82, 2.24) is 20.2 Å². The van der Waals surface area contributed by atoms with E-state index >= 15 is 0 Å². The van der Waals surface area contributed by atoms with Crippen LogP contribution in [0.1, 0.15) is 5.56 Å². The lowest BCUT2D eigenvalue weighted by molar-refractivity contribution is 0.350. The topological polar surface area (TPSA) is 75.1 Å². The minimum atomic E-state index is 0.606. The molecule has 3 rings (SSSR count). The minimum absolute atomic E-state index is 0.606. The number of para-hydroxylation sites is 1. The van der Waals surface area contributed by atoms with Crippen molar-refractivity contribution in [2.45, 2.75) is 6.54 Å². The molecule has 1 aromatic carbocycles. The summed E-state index contributed by atoms with van der Waals surface area (Å²) in [5, 5.41) is 3.43. The second-order valence-corrected chi connectivity index (χ2v) is 6.08. The number of hydrogen-bond acceptors (Lipinski definition) is 6. The van der Waals surface area contributed by atoms with Gasteiger partial charge in [-0.25, -0.2) is 9.97 Å². The number of rotatable bonds is 5. The van der Waals surface area contributed by atoms with Gasteiger partial charge in [0.25, 0.3) is 0 Å². The Bertz CT molecular complexity index is 760. The molecule has 27 heavy (non-hydrogen) atoms. The van der Waals surface area contributed by atoms with Gasteiger partial charge in [0, 0.05) is 57.7 Å². The molecular weight excluding hydrogens is 344 g/mol. The predicted molar refractivity (Wildman–Crippen MR) is 106 cm³/mol. The van der Waals surface area contributed by atoms with Crippen LogP contribution in [-0.2, 0) is 6.54 Å². The maximum Gasteiger partial charge on any atom is 0.225 e. The summed E-state index contributed by atoms with van der Waals surface area (Å²) in [5.74, 6) is 3.12. The molecule has 1 fully saturated rings. The van der Waals surface area contributed by atoms with Gasteiger partial charge in [0.2, 0.25) is 5.95 Å². The summed E-state index contributed by atoms with van der Waals surface area (Å²) < 4.78 is 10.9. The van der Waals surface area contributed by atoms with Gasteiger partial charge in [0.1, 0.15) is 0 Å². The Morgan fingerprint density at radius 2 is 1.81 bits per heavy atom. The molecule has 1 aliphatic heterocycles. The number of aromatic nitrogens is 2. The third-order valence-electron chi connectivity index (χ3n) is 4.55. The third-order valence-corrected chi connectivity index (χ3v) is 4.55. The minimum Gasteiger partial charge on any atom is -0.493 e. The lowest BCUT2D eigenvalue weighted by Gasteiger charge is -2.36. The Kier molecular flexibility index (Phi) is 6.30. The molecule has 0 unspecified atom stereocenters. The average molecular weight is 370 g/mol. The molecule has 1 aromatic heterocycles. The maximum atomic E-state index is 5.50. The summed E-state index contributed by atoms with van der Waals surface area (Å²) in [6.07, 6.45) is 3.55. The van der Waals surface area contributed by atoms with Crippen molar-refractivity contribution in [2.24, 2.45) is 4.99 Å². The maximum absolute atomic E-state index is 5.50. The first kappa shape index (κ1) is 18.8. The standard InChI is InChI=1S/C19H26N6O2/c1-20-18(23-14-15-6-4-7-16(26-2)17(15)27-3)24-10-12-25(13-11-24)19-21-8-5-9-22-19/h4-9H,10-14H2,1-3H3,(H,20,23). The molecule has 0 radical (unpaired) electrons. The highest BCUT2D eigenvalue weighted by molar-refractivity contribution is 5.80. The van der Waals surface area contributed by atoms with Crippen LogP contribution in [0.25, 0.3) is 0 Å². The number of piperazine rings is 1. The van der Waals surface area contributed by atoms with Crippen molar-refractivity contribution < 1.29 is 9.47 Å². The molecule has 2 heterocycles. The number of nitrogens with one attached hydrogen (secondary N) is 1. The zero-order chi connectivity index (χ0) is 19.1. The van der Waals surface area contributed by atoms with E-state index in [0.29, 0.717) is 6.54 Å². The largest absolute Gasteiger partial charge is 0.493 e. The number of benzene rings is 1. The van der Waals surface area contributed by atoms with Crippen molar-refractivity contribution in [2.75, 3.05) is 52.3 Å². The molecule has 1 N–H and O–H groups in total. The Balaban J connectivity index is 1.59. The smallest absolute Gasteiger partial charge is 0.225 e. The summed E-state index contributed by atoms with van der Waals surface area (Å²) in [6, 6.07) is 7.70. The number of ether oxygens (including phenoxy) is 2. The van der Waals surface area contributed by atoms with Crippen LogP contribution in [0, 0.1) is 0 Å². The van der Waals surface area contributed by atoms with E-state index in [0.717, 1.165) is 55.1 Å². The van der Waals surface area contributed by atoms with Crippen LogP contribution in [-0.4, -0.2) is 68.3 Å². The van der Waals surface area contributed by atoms with E-state index in [1.807, 2.05) is 24.3 Å². The van der Waals surface area contributed by atoms with Crippen molar-refractivity contribution in [3.63, 3.8) is 0 Å². The number of methoxy groups -OCH3 is 2. The number of guanidine groups is 1. The number of anilines is 1. The SMILES string of the molecule is CN=C(NCc1cccc(OC)c1OC)N1CCN(c2ncccn2)CC1. The molecule has 0 spiro atoms. The first-order chi connectivity index (χ1) is 13.3. The molecule has 8 nitrogen and oxygen atoms in total. The van der Waals surface area contributed by atoms with Crippen molar-refractivity contribution >= 4 is 11.9 Å². The second kappa shape index (κ2) is 9.07. The molecule has 1 aliphatic rings. The van der Waals surface area contributed by atoms with E-state index < -0.39 is 0 Å². The molecule has 144 valence electrons. The highest BCUT2D eigenvalue weighted by Crippen LogP contribution is 2.30. The fourth-order valence-electron chi connectivity index (χ4n) is 3.17. The van der Waals surface area contributed by atoms with Crippen molar-refractivity contribution in [1.29, 1.82) is 0 Å². The summed E-state index contributed by atoms with van der Waals surface area (Å²) in [6.45, 7) is 4.02. The first-order valence-electron chi connectivity index (χ1n) is 8.94. The Morgan fingerprint density at radius 3 is 2.44 bits per heavy atom. The van der Waals surface area contributed by atoms with Crippen LogP contribution in [0.3, 0.4) is 0 Å². The molecule has 0 amide bonds. The van der Waals surface area contributed by atoms with Gasteiger partial charge in [-0.05, 0) is 12.1 Å². The summed E-state index contributed by atoms with van der Waals surface area (Å²) in [4.78, 5) is 17.5. The van der Waals surface area contributed by atoms with Gasteiger partial charge in [0.05, 0.1) is 14.2 Å². The lowest BCUT2D eigenvalue weighted by Crippen LogP contribution is -2.52. The van der Waals surface area contributed by atoms with Gasteiger partial charge >= 0.3 is 0 Å². The van der Waals surface area contributed by atoms with E-state index in [1.54, 1.807) is 33.7 Å². The second-order valence-electron chi connectivity index (χ2n) is 6.08. The van der Waals surface area contributed by atoms with E-state index in [9.17, 15) is 0 Å². The van der Waals surface area contributed by atoms with Gasteiger partial charge < -0.3 is 24.6 Å². The summed E-state index contributed by atoms with van der Waals surface area (Å²) in [7, 11) is 5.10. The van der Waals surface area contributed by atoms with E-state index in [4.69, 9.17) is 9.47 Å². The van der Waals surface area contributed by atoms with Crippen molar-refractivity contribution in [3.8, 4) is 11.5 Å².